The molecule has 29 heavy (non-hydrogen) atoms. The second-order valence-electron chi connectivity index (χ2n) is 8.62. The first-order valence-electron chi connectivity index (χ1n) is 10.0. The molecule has 2 saturated heterocycles. The van der Waals surface area contributed by atoms with E-state index in [0.29, 0.717) is 50.5 Å². The van der Waals surface area contributed by atoms with Crippen LogP contribution in [0.4, 0.5) is 14.6 Å². The standard InChI is InChI=1S/C21H27F2N5O/c1-4-15(2)26-7-9-27(10-8-26)18-17(24-5-6-25-18)19(29)28-13-21(14-28)11-16(12-21)20(3,22)23/h4-6,16H,1-2,7-14H2,3H3. The number of aromatic nitrogens is 2. The number of halogens is 2. The van der Waals surface area contributed by atoms with Gasteiger partial charge in [-0.25, -0.2) is 18.7 Å². The van der Waals surface area contributed by atoms with Crippen LogP contribution >= 0.6 is 0 Å². The first-order chi connectivity index (χ1) is 13.7. The molecule has 1 aromatic rings. The molecule has 8 heteroatoms. The lowest BCUT2D eigenvalue weighted by Crippen LogP contribution is -2.65. The van der Waals surface area contributed by atoms with Gasteiger partial charge in [-0.15, -0.1) is 0 Å². The summed E-state index contributed by atoms with van der Waals surface area (Å²) in [4.78, 5) is 27.7. The first-order valence-corrected chi connectivity index (χ1v) is 10.0. The van der Waals surface area contributed by atoms with Crippen molar-refractivity contribution in [3.8, 4) is 0 Å². The molecule has 0 aromatic carbocycles. The van der Waals surface area contributed by atoms with E-state index in [0.717, 1.165) is 25.7 Å². The maximum atomic E-state index is 13.4. The van der Waals surface area contributed by atoms with Crippen molar-refractivity contribution in [2.45, 2.75) is 25.7 Å². The van der Waals surface area contributed by atoms with Crippen molar-refractivity contribution in [2.24, 2.45) is 11.3 Å². The Kier molecular flexibility index (Phi) is 4.83. The van der Waals surface area contributed by atoms with Crippen molar-refractivity contribution < 1.29 is 13.6 Å². The zero-order chi connectivity index (χ0) is 20.8. The number of piperazine rings is 1. The number of allylic oxidation sites excluding steroid dienone is 1. The number of hydrogen-bond acceptors (Lipinski definition) is 5. The van der Waals surface area contributed by atoms with Gasteiger partial charge in [-0.2, -0.15) is 0 Å². The van der Waals surface area contributed by atoms with Crippen LogP contribution in [0.15, 0.2) is 37.3 Å². The zero-order valence-corrected chi connectivity index (χ0v) is 16.8. The van der Waals surface area contributed by atoms with Gasteiger partial charge < -0.3 is 14.7 Å². The lowest BCUT2D eigenvalue weighted by molar-refractivity contribution is -0.163. The zero-order valence-electron chi connectivity index (χ0n) is 16.8. The number of carbonyl (C=O) groups excluding carboxylic acids is 1. The molecule has 1 amide bonds. The minimum Gasteiger partial charge on any atom is -0.368 e. The average Bonchev–Trinajstić information content (AvgIpc) is 2.64. The van der Waals surface area contributed by atoms with Crippen LogP contribution in [0.2, 0.25) is 0 Å². The molecule has 1 saturated carbocycles. The Labute approximate surface area is 169 Å². The van der Waals surface area contributed by atoms with E-state index in [1.807, 2.05) is 0 Å². The highest BCUT2D eigenvalue weighted by Crippen LogP contribution is 2.56. The fourth-order valence-electron chi connectivity index (χ4n) is 4.71. The summed E-state index contributed by atoms with van der Waals surface area (Å²) < 4.78 is 26.9. The number of nitrogens with zero attached hydrogens (tertiary/aromatic N) is 5. The summed E-state index contributed by atoms with van der Waals surface area (Å²) in [6.07, 6.45) is 5.84. The van der Waals surface area contributed by atoms with Crippen LogP contribution < -0.4 is 4.90 Å². The first kappa shape index (κ1) is 19.8. The van der Waals surface area contributed by atoms with E-state index in [-0.39, 0.29) is 11.3 Å². The van der Waals surface area contributed by atoms with E-state index in [1.165, 1.54) is 6.20 Å². The second kappa shape index (κ2) is 7.07. The molecule has 4 rings (SSSR count). The molecule has 2 aliphatic heterocycles. The third-order valence-electron chi connectivity index (χ3n) is 6.52. The van der Waals surface area contributed by atoms with Gasteiger partial charge in [-0.3, -0.25) is 4.79 Å². The van der Waals surface area contributed by atoms with Crippen molar-refractivity contribution in [2.75, 3.05) is 44.2 Å². The Morgan fingerprint density at radius 1 is 1.17 bits per heavy atom. The lowest BCUT2D eigenvalue weighted by atomic mass is 9.56. The normalized spacial score (nSPS) is 21.6. The van der Waals surface area contributed by atoms with E-state index in [1.54, 1.807) is 17.2 Å². The Balaban J connectivity index is 1.39. The number of likely N-dealkylation sites (tertiary alicyclic amines) is 1. The van der Waals surface area contributed by atoms with Crippen molar-refractivity contribution in [3.05, 3.63) is 43.0 Å². The van der Waals surface area contributed by atoms with Crippen LogP contribution in [0.25, 0.3) is 0 Å². The lowest BCUT2D eigenvalue weighted by Gasteiger charge is -2.59. The quantitative estimate of drug-likeness (QED) is 0.708. The van der Waals surface area contributed by atoms with Crippen molar-refractivity contribution >= 4 is 11.7 Å². The van der Waals surface area contributed by atoms with Crippen LogP contribution in [0.1, 0.15) is 30.3 Å². The minimum atomic E-state index is -2.63. The summed E-state index contributed by atoms with van der Waals surface area (Å²) in [6, 6.07) is 0. The third-order valence-corrected chi connectivity index (χ3v) is 6.52. The summed E-state index contributed by atoms with van der Waals surface area (Å²) in [5.74, 6) is -2.77. The van der Waals surface area contributed by atoms with E-state index in [9.17, 15) is 13.6 Å². The predicted molar refractivity (Wildman–Crippen MR) is 107 cm³/mol. The Morgan fingerprint density at radius 3 is 2.38 bits per heavy atom. The second-order valence-corrected chi connectivity index (χ2v) is 8.62. The molecule has 3 fully saturated rings. The van der Waals surface area contributed by atoms with E-state index >= 15 is 0 Å². The van der Waals surface area contributed by atoms with Gasteiger partial charge in [0.1, 0.15) is 0 Å². The van der Waals surface area contributed by atoms with E-state index < -0.39 is 11.8 Å². The Morgan fingerprint density at radius 2 is 1.79 bits per heavy atom. The predicted octanol–water partition coefficient (Wildman–Crippen LogP) is 2.81. The smallest absolute Gasteiger partial charge is 0.276 e. The van der Waals surface area contributed by atoms with Crippen molar-refractivity contribution in [1.29, 1.82) is 0 Å². The molecule has 3 aliphatic rings. The SMILES string of the molecule is C=CC(=C)N1CCN(c2nccnc2C(=O)N2CC3(CC(C(C)(F)F)C3)C2)CC1. The van der Waals surface area contributed by atoms with E-state index in [2.05, 4.69) is 32.9 Å². The molecule has 1 aliphatic carbocycles. The molecule has 0 atom stereocenters. The highest BCUT2D eigenvalue weighted by molar-refractivity contribution is 5.97. The molecular formula is C21H27F2N5O. The number of hydrogen-bond donors (Lipinski definition) is 0. The highest BCUT2D eigenvalue weighted by atomic mass is 19.3. The van der Waals surface area contributed by atoms with Crippen LogP contribution in [0.3, 0.4) is 0 Å². The molecule has 156 valence electrons. The van der Waals surface area contributed by atoms with E-state index in [4.69, 9.17) is 0 Å². The average molecular weight is 403 g/mol. The van der Waals surface area contributed by atoms with Crippen LogP contribution in [0.5, 0.6) is 0 Å². The minimum absolute atomic E-state index is 0.126. The molecule has 6 nitrogen and oxygen atoms in total. The monoisotopic (exact) mass is 403 g/mol. The molecule has 0 radical (unpaired) electrons. The maximum absolute atomic E-state index is 13.4. The Hall–Kier alpha value is -2.51. The maximum Gasteiger partial charge on any atom is 0.276 e. The van der Waals surface area contributed by atoms with Crippen molar-refractivity contribution in [3.63, 3.8) is 0 Å². The number of carbonyl (C=O) groups is 1. The molecule has 3 heterocycles. The van der Waals surface area contributed by atoms with Crippen molar-refractivity contribution in [1.82, 2.24) is 19.8 Å². The topological polar surface area (TPSA) is 52.6 Å². The number of alkyl halides is 2. The van der Waals surface area contributed by atoms with Crippen LogP contribution in [0, 0.1) is 11.3 Å². The molecule has 0 N–H and O–H groups in total. The van der Waals surface area contributed by atoms with Crippen LogP contribution in [-0.4, -0.2) is 70.9 Å². The highest BCUT2D eigenvalue weighted by Gasteiger charge is 2.59. The summed E-state index contributed by atoms with van der Waals surface area (Å²) in [6.45, 7) is 12.8. The summed E-state index contributed by atoms with van der Waals surface area (Å²) in [7, 11) is 0. The molecule has 0 bridgehead atoms. The van der Waals surface area contributed by atoms with Gasteiger partial charge in [-0.05, 0) is 25.8 Å². The number of amides is 1. The van der Waals surface area contributed by atoms with Gasteiger partial charge in [0.25, 0.3) is 5.91 Å². The van der Waals surface area contributed by atoms with Gasteiger partial charge in [0.2, 0.25) is 5.92 Å². The van der Waals surface area contributed by atoms with Gasteiger partial charge in [0.05, 0.1) is 0 Å². The van der Waals surface area contributed by atoms with Gasteiger partial charge in [-0.1, -0.05) is 13.2 Å². The Bertz CT molecular complexity index is 815. The third kappa shape index (κ3) is 3.60. The molecular weight excluding hydrogens is 376 g/mol. The van der Waals surface area contributed by atoms with Gasteiger partial charge >= 0.3 is 0 Å². The summed E-state index contributed by atoms with van der Waals surface area (Å²) in [5.41, 5.74) is 1.11. The number of rotatable bonds is 5. The molecule has 1 spiro atoms. The van der Waals surface area contributed by atoms with Gasteiger partial charge in [0, 0.05) is 68.7 Å². The fraction of sp³-hybridized carbons (Fsp3) is 0.571. The summed E-state index contributed by atoms with van der Waals surface area (Å²) in [5, 5.41) is 0. The van der Waals surface area contributed by atoms with Gasteiger partial charge in [0.15, 0.2) is 11.5 Å². The molecule has 0 unspecified atom stereocenters. The summed E-state index contributed by atoms with van der Waals surface area (Å²) >= 11 is 0. The largest absolute Gasteiger partial charge is 0.368 e. The molecule has 1 aromatic heterocycles. The fourth-order valence-corrected chi connectivity index (χ4v) is 4.71. The van der Waals surface area contributed by atoms with Crippen LogP contribution in [-0.2, 0) is 0 Å². The number of anilines is 1.